The number of carbonyl (C=O) groups is 2. The third-order valence-corrected chi connectivity index (χ3v) is 3.32. The van der Waals surface area contributed by atoms with Gasteiger partial charge in [-0.2, -0.15) is 13.2 Å². The fourth-order valence-electron chi connectivity index (χ4n) is 1.97. The van der Waals surface area contributed by atoms with Crippen LogP contribution in [0, 0.1) is 17.7 Å². The zero-order valence-electron chi connectivity index (χ0n) is 14.4. The van der Waals surface area contributed by atoms with E-state index in [4.69, 9.17) is 0 Å². The molecule has 2 rings (SSSR count). The molecule has 0 atom stereocenters. The molecular weight excluding hydrogens is 378 g/mol. The Morgan fingerprint density at radius 2 is 1.57 bits per heavy atom. The number of halogens is 4. The highest BCUT2D eigenvalue weighted by Crippen LogP contribution is 2.28. The van der Waals surface area contributed by atoms with Crippen LogP contribution >= 0.6 is 0 Å². The first-order valence-electron chi connectivity index (χ1n) is 7.97. The molecule has 3 amide bonds. The SMILES string of the molecule is O=C(CNC(=O)NCC#Cc1ccc(C(F)(F)F)cc1)Nc1ccc(F)cc1. The van der Waals surface area contributed by atoms with E-state index in [1.165, 1.54) is 36.4 Å². The molecule has 2 aromatic rings. The second-order valence-electron chi connectivity index (χ2n) is 5.47. The van der Waals surface area contributed by atoms with Gasteiger partial charge in [0.2, 0.25) is 5.91 Å². The van der Waals surface area contributed by atoms with E-state index in [1.807, 2.05) is 0 Å². The second-order valence-corrected chi connectivity index (χ2v) is 5.47. The van der Waals surface area contributed by atoms with Gasteiger partial charge in [-0.3, -0.25) is 4.79 Å². The van der Waals surface area contributed by atoms with E-state index in [2.05, 4.69) is 27.8 Å². The van der Waals surface area contributed by atoms with Crippen molar-refractivity contribution < 1.29 is 27.2 Å². The first-order chi connectivity index (χ1) is 13.2. The quantitative estimate of drug-likeness (QED) is 0.552. The van der Waals surface area contributed by atoms with E-state index in [1.54, 1.807) is 0 Å². The van der Waals surface area contributed by atoms with E-state index in [-0.39, 0.29) is 13.1 Å². The molecule has 0 heterocycles. The van der Waals surface area contributed by atoms with E-state index in [0.717, 1.165) is 12.1 Å². The summed E-state index contributed by atoms with van der Waals surface area (Å²) in [5, 5.41) is 7.16. The van der Waals surface area contributed by atoms with Crippen LogP contribution in [0.1, 0.15) is 11.1 Å². The molecule has 9 heteroatoms. The Hall–Kier alpha value is -3.54. The molecule has 2 aromatic carbocycles. The first-order valence-corrected chi connectivity index (χ1v) is 7.97. The highest BCUT2D eigenvalue weighted by Gasteiger charge is 2.29. The number of urea groups is 1. The third-order valence-electron chi connectivity index (χ3n) is 3.32. The van der Waals surface area contributed by atoms with Gasteiger partial charge < -0.3 is 16.0 Å². The predicted molar refractivity (Wildman–Crippen MR) is 94.8 cm³/mol. The average molecular weight is 393 g/mol. The number of rotatable bonds is 4. The van der Waals surface area contributed by atoms with Crippen molar-refractivity contribution in [3.63, 3.8) is 0 Å². The zero-order valence-corrected chi connectivity index (χ0v) is 14.4. The molecule has 0 bridgehead atoms. The Kier molecular flexibility index (Phi) is 6.98. The average Bonchev–Trinajstić information content (AvgIpc) is 2.65. The highest BCUT2D eigenvalue weighted by atomic mass is 19.4. The molecule has 0 radical (unpaired) electrons. The van der Waals surface area contributed by atoms with Gasteiger partial charge in [0.05, 0.1) is 18.7 Å². The molecule has 0 spiro atoms. The van der Waals surface area contributed by atoms with Crippen molar-refractivity contribution >= 4 is 17.6 Å². The minimum atomic E-state index is -4.41. The monoisotopic (exact) mass is 393 g/mol. The molecule has 0 saturated heterocycles. The Balaban J connectivity index is 1.71. The summed E-state index contributed by atoms with van der Waals surface area (Å²) in [6.45, 7) is -0.373. The molecular formula is C19H15F4N3O2. The molecule has 0 aliphatic rings. The van der Waals surface area contributed by atoms with Gasteiger partial charge in [0, 0.05) is 11.3 Å². The van der Waals surface area contributed by atoms with E-state index >= 15 is 0 Å². The molecule has 0 unspecified atom stereocenters. The largest absolute Gasteiger partial charge is 0.416 e. The van der Waals surface area contributed by atoms with Gasteiger partial charge in [0.15, 0.2) is 0 Å². The Morgan fingerprint density at radius 3 is 2.18 bits per heavy atom. The lowest BCUT2D eigenvalue weighted by molar-refractivity contribution is -0.137. The minimum Gasteiger partial charge on any atom is -0.329 e. The van der Waals surface area contributed by atoms with Crippen LogP contribution in [0.3, 0.4) is 0 Å². The summed E-state index contributed by atoms with van der Waals surface area (Å²) in [6, 6.07) is 8.79. The van der Waals surface area contributed by atoms with Crippen molar-refractivity contribution in [3.05, 3.63) is 65.5 Å². The van der Waals surface area contributed by atoms with Gasteiger partial charge in [-0.1, -0.05) is 11.8 Å². The standard InChI is InChI=1S/C19H15F4N3O2/c20-15-7-9-16(10-8-15)26-17(27)12-25-18(28)24-11-1-2-13-3-5-14(6-4-13)19(21,22)23/h3-10H,11-12H2,(H,26,27)(H2,24,25,28). The Morgan fingerprint density at radius 1 is 0.929 bits per heavy atom. The van der Waals surface area contributed by atoms with Gasteiger partial charge >= 0.3 is 12.2 Å². The lowest BCUT2D eigenvalue weighted by Gasteiger charge is -2.07. The number of nitrogens with one attached hydrogen (secondary N) is 3. The van der Waals surface area contributed by atoms with Gasteiger partial charge in [-0.05, 0) is 48.5 Å². The number of hydrogen-bond acceptors (Lipinski definition) is 2. The Bertz CT molecular complexity index is 883. The van der Waals surface area contributed by atoms with E-state index in [9.17, 15) is 27.2 Å². The number of amides is 3. The van der Waals surface area contributed by atoms with Crippen LogP contribution in [0.15, 0.2) is 48.5 Å². The first kappa shape index (κ1) is 20.8. The fourth-order valence-corrected chi connectivity index (χ4v) is 1.97. The fraction of sp³-hybridized carbons (Fsp3) is 0.158. The molecule has 0 fully saturated rings. The molecule has 28 heavy (non-hydrogen) atoms. The number of anilines is 1. The maximum Gasteiger partial charge on any atom is 0.416 e. The van der Waals surface area contributed by atoms with Crippen LogP contribution in [0.2, 0.25) is 0 Å². The Labute approximate surface area is 158 Å². The van der Waals surface area contributed by atoms with Crippen LogP contribution in [0.4, 0.5) is 28.0 Å². The zero-order chi connectivity index (χ0) is 20.6. The van der Waals surface area contributed by atoms with Crippen molar-refractivity contribution in [2.75, 3.05) is 18.4 Å². The van der Waals surface area contributed by atoms with E-state index in [0.29, 0.717) is 11.3 Å². The second kappa shape index (κ2) is 9.41. The smallest absolute Gasteiger partial charge is 0.329 e. The summed E-state index contributed by atoms with van der Waals surface area (Å²) < 4.78 is 50.1. The van der Waals surface area contributed by atoms with Gasteiger partial charge in [-0.25, -0.2) is 9.18 Å². The topological polar surface area (TPSA) is 70.2 Å². The molecule has 146 valence electrons. The van der Waals surface area contributed by atoms with Crippen LogP contribution < -0.4 is 16.0 Å². The van der Waals surface area contributed by atoms with Crippen molar-refractivity contribution in [2.24, 2.45) is 0 Å². The van der Waals surface area contributed by atoms with Crippen molar-refractivity contribution in [3.8, 4) is 11.8 Å². The summed E-state index contributed by atoms with van der Waals surface area (Å²) in [4.78, 5) is 23.2. The van der Waals surface area contributed by atoms with Crippen LogP contribution in [0.25, 0.3) is 0 Å². The normalized spacial score (nSPS) is 10.4. The summed E-state index contributed by atoms with van der Waals surface area (Å²) in [5.41, 5.74) is -0.0145. The molecule has 0 aromatic heterocycles. The lowest BCUT2D eigenvalue weighted by Crippen LogP contribution is -2.40. The number of benzene rings is 2. The summed E-state index contributed by atoms with van der Waals surface area (Å²) >= 11 is 0. The summed E-state index contributed by atoms with van der Waals surface area (Å²) in [7, 11) is 0. The number of carbonyl (C=O) groups excluding carboxylic acids is 2. The predicted octanol–water partition coefficient (Wildman–Crippen LogP) is 3.13. The van der Waals surface area contributed by atoms with Gasteiger partial charge in [-0.15, -0.1) is 0 Å². The minimum absolute atomic E-state index is 0.0631. The summed E-state index contributed by atoms with van der Waals surface area (Å²) in [6.07, 6.45) is -4.41. The third kappa shape index (κ3) is 6.99. The van der Waals surface area contributed by atoms with Crippen molar-refractivity contribution in [1.82, 2.24) is 10.6 Å². The van der Waals surface area contributed by atoms with Crippen LogP contribution in [-0.4, -0.2) is 25.0 Å². The van der Waals surface area contributed by atoms with Gasteiger partial charge in [0.1, 0.15) is 5.82 Å². The maximum absolute atomic E-state index is 12.8. The molecule has 0 saturated carbocycles. The van der Waals surface area contributed by atoms with Crippen molar-refractivity contribution in [1.29, 1.82) is 0 Å². The van der Waals surface area contributed by atoms with E-state index < -0.39 is 29.5 Å². The molecule has 5 nitrogen and oxygen atoms in total. The summed E-state index contributed by atoms with van der Waals surface area (Å²) in [5.74, 6) is 4.26. The van der Waals surface area contributed by atoms with Crippen LogP contribution in [0.5, 0.6) is 0 Å². The number of alkyl halides is 3. The molecule has 0 aliphatic carbocycles. The molecule has 3 N–H and O–H groups in total. The number of hydrogen-bond donors (Lipinski definition) is 3. The maximum atomic E-state index is 12.8. The molecule has 0 aliphatic heterocycles. The lowest BCUT2D eigenvalue weighted by atomic mass is 10.1. The van der Waals surface area contributed by atoms with Crippen LogP contribution in [-0.2, 0) is 11.0 Å². The van der Waals surface area contributed by atoms with Crippen molar-refractivity contribution in [2.45, 2.75) is 6.18 Å². The highest BCUT2D eigenvalue weighted by molar-refractivity contribution is 5.94. The van der Waals surface area contributed by atoms with Gasteiger partial charge in [0.25, 0.3) is 0 Å².